The maximum Gasteiger partial charge on any atom is 0.258 e. The van der Waals surface area contributed by atoms with E-state index in [4.69, 9.17) is 19.5 Å². The van der Waals surface area contributed by atoms with Crippen LogP contribution in [0.5, 0.6) is 17.2 Å². The highest BCUT2D eigenvalue weighted by molar-refractivity contribution is 5.77. The minimum absolute atomic E-state index is 0.0245. The third-order valence-electron chi connectivity index (χ3n) is 2.08. The molecule has 1 amide bonds. The fourth-order valence-electron chi connectivity index (χ4n) is 1.30. The van der Waals surface area contributed by atoms with Crippen molar-refractivity contribution >= 4 is 5.91 Å². The minimum Gasteiger partial charge on any atom is -0.484 e. The first-order valence-electron chi connectivity index (χ1n) is 4.95. The molecule has 17 heavy (non-hydrogen) atoms. The average molecular weight is 234 g/mol. The third kappa shape index (κ3) is 2.78. The van der Waals surface area contributed by atoms with Crippen LogP contribution in [0.15, 0.2) is 18.2 Å². The summed E-state index contributed by atoms with van der Waals surface area (Å²) in [5.74, 6) is 1.43. The van der Waals surface area contributed by atoms with E-state index in [1.54, 1.807) is 24.3 Å². The Morgan fingerprint density at radius 1 is 1.47 bits per heavy atom. The summed E-state index contributed by atoms with van der Waals surface area (Å²) in [4.78, 5) is 11.2. The van der Waals surface area contributed by atoms with Gasteiger partial charge in [0.05, 0.1) is 6.07 Å². The highest BCUT2D eigenvalue weighted by atomic mass is 16.7. The van der Waals surface area contributed by atoms with Crippen molar-refractivity contribution in [3.63, 3.8) is 0 Å². The molecule has 0 aromatic heterocycles. The van der Waals surface area contributed by atoms with E-state index in [-0.39, 0.29) is 25.9 Å². The lowest BCUT2D eigenvalue weighted by atomic mass is 10.3. The fourth-order valence-corrected chi connectivity index (χ4v) is 1.30. The summed E-state index contributed by atoms with van der Waals surface area (Å²) in [5.41, 5.74) is 0. The maximum absolute atomic E-state index is 11.2. The van der Waals surface area contributed by atoms with Gasteiger partial charge in [0.2, 0.25) is 6.79 Å². The standard InChI is InChI=1S/C11H10N2O4/c12-3-4-13-11(14)6-15-8-1-2-9-10(5-8)17-7-16-9/h1-2,5H,4,6-7H2,(H,13,14). The van der Waals surface area contributed by atoms with Crippen LogP contribution in [0, 0.1) is 11.3 Å². The van der Waals surface area contributed by atoms with Crippen molar-refractivity contribution in [3.8, 4) is 23.3 Å². The van der Waals surface area contributed by atoms with Crippen LogP contribution in [-0.4, -0.2) is 25.9 Å². The number of nitriles is 1. The molecule has 0 radical (unpaired) electrons. The second-order valence-corrected chi connectivity index (χ2v) is 3.24. The first-order chi connectivity index (χ1) is 8.29. The Morgan fingerprint density at radius 2 is 2.29 bits per heavy atom. The van der Waals surface area contributed by atoms with Crippen molar-refractivity contribution in [3.05, 3.63) is 18.2 Å². The molecule has 1 aromatic carbocycles. The highest BCUT2D eigenvalue weighted by Gasteiger charge is 2.14. The van der Waals surface area contributed by atoms with Crippen molar-refractivity contribution in [1.82, 2.24) is 5.32 Å². The van der Waals surface area contributed by atoms with Gasteiger partial charge in [0.15, 0.2) is 18.1 Å². The summed E-state index contributed by atoms with van der Waals surface area (Å²) in [6.45, 7) is 0.0338. The number of hydrogen-bond acceptors (Lipinski definition) is 5. The van der Waals surface area contributed by atoms with Gasteiger partial charge in [0.25, 0.3) is 5.91 Å². The van der Waals surface area contributed by atoms with Crippen LogP contribution in [0.2, 0.25) is 0 Å². The Balaban J connectivity index is 1.87. The summed E-state index contributed by atoms with van der Waals surface area (Å²) in [6.07, 6.45) is 0. The molecule has 6 heteroatoms. The van der Waals surface area contributed by atoms with Crippen molar-refractivity contribution in [1.29, 1.82) is 5.26 Å². The Hall–Kier alpha value is -2.42. The summed E-state index contributed by atoms with van der Waals surface area (Å²) in [7, 11) is 0. The molecule has 1 aromatic rings. The van der Waals surface area contributed by atoms with Gasteiger partial charge in [0.1, 0.15) is 12.3 Å². The molecular formula is C11H10N2O4. The Bertz CT molecular complexity index is 467. The van der Waals surface area contributed by atoms with Crippen LogP contribution in [0.4, 0.5) is 0 Å². The van der Waals surface area contributed by atoms with E-state index in [9.17, 15) is 4.79 Å². The zero-order chi connectivity index (χ0) is 12.1. The maximum atomic E-state index is 11.2. The number of amides is 1. The smallest absolute Gasteiger partial charge is 0.258 e. The van der Waals surface area contributed by atoms with Gasteiger partial charge >= 0.3 is 0 Å². The zero-order valence-electron chi connectivity index (χ0n) is 8.93. The number of ether oxygens (including phenoxy) is 3. The lowest BCUT2D eigenvalue weighted by molar-refractivity contribution is -0.122. The zero-order valence-corrected chi connectivity index (χ0v) is 8.93. The van der Waals surface area contributed by atoms with Crippen molar-refractivity contribution in [2.75, 3.05) is 19.9 Å². The van der Waals surface area contributed by atoms with Crippen LogP contribution < -0.4 is 19.5 Å². The van der Waals surface area contributed by atoms with E-state index in [1.807, 2.05) is 0 Å². The Morgan fingerprint density at radius 3 is 3.12 bits per heavy atom. The number of benzene rings is 1. The van der Waals surface area contributed by atoms with Crippen LogP contribution in [-0.2, 0) is 4.79 Å². The van der Waals surface area contributed by atoms with Gasteiger partial charge in [-0.3, -0.25) is 4.79 Å². The molecule has 2 rings (SSSR count). The largest absolute Gasteiger partial charge is 0.484 e. The van der Waals surface area contributed by atoms with Gasteiger partial charge in [-0.2, -0.15) is 5.26 Å². The molecule has 0 atom stereocenters. The molecule has 0 bridgehead atoms. The van der Waals surface area contributed by atoms with Crippen LogP contribution in [0.3, 0.4) is 0 Å². The number of carbonyl (C=O) groups is 1. The van der Waals surface area contributed by atoms with E-state index < -0.39 is 0 Å². The Kier molecular flexibility index (Phi) is 3.31. The second-order valence-electron chi connectivity index (χ2n) is 3.24. The molecule has 6 nitrogen and oxygen atoms in total. The van der Waals surface area contributed by atoms with Gasteiger partial charge in [-0.15, -0.1) is 0 Å². The van der Waals surface area contributed by atoms with Crippen LogP contribution >= 0.6 is 0 Å². The van der Waals surface area contributed by atoms with Crippen LogP contribution in [0.1, 0.15) is 0 Å². The molecule has 0 unspecified atom stereocenters. The minimum atomic E-state index is -0.343. The van der Waals surface area contributed by atoms with E-state index >= 15 is 0 Å². The predicted octanol–water partition coefficient (Wildman–Crippen LogP) is 0.434. The lowest BCUT2D eigenvalue weighted by Crippen LogP contribution is -2.28. The number of nitrogens with zero attached hydrogens (tertiary/aromatic N) is 1. The SMILES string of the molecule is N#CCNC(=O)COc1ccc2c(c1)OCO2. The van der Waals surface area contributed by atoms with Gasteiger partial charge in [-0.05, 0) is 12.1 Å². The number of carbonyl (C=O) groups excluding carboxylic acids is 1. The summed E-state index contributed by atoms with van der Waals surface area (Å²) in [6, 6.07) is 6.86. The molecular weight excluding hydrogens is 224 g/mol. The average Bonchev–Trinajstić information content (AvgIpc) is 2.81. The lowest BCUT2D eigenvalue weighted by Gasteiger charge is -2.06. The molecule has 1 aliphatic heterocycles. The van der Waals surface area contributed by atoms with Gasteiger partial charge in [-0.25, -0.2) is 0 Å². The molecule has 0 saturated heterocycles. The highest BCUT2D eigenvalue weighted by Crippen LogP contribution is 2.34. The monoisotopic (exact) mass is 234 g/mol. The van der Waals surface area contributed by atoms with Crippen LogP contribution in [0.25, 0.3) is 0 Å². The number of hydrogen-bond donors (Lipinski definition) is 1. The normalized spacial score (nSPS) is 11.7. The molecule has 1 aliphatic rings. The molecule has 1 N–H and O–H groups in total. The van der Waals surface area contributed by atoms with E-state index in [0.29, 0.717) is 17.2 Å². The first-order valence-corrected chi connectivity index (χ1v) is 4.95. The summed E-state index contributed by atoms with van der Waals surface area (Å²) in [5, 5.41) is 10.6. The third-order valence-corrected chi connectivity index (χ3v) is 2.08. The number of nitrogens with one attached hydrogen (secondary N) is 1. The van der Waals surface area contributed by atoms with Crippen molar-refractivity contribution in [2.24, 2.45) is 0 Å². The number of fused-ring (bicyclic) bond motifs is 1. The first kappa shape index (κ1) is 11.1. The van der Waals surface area contributed by atoms with Gasteiger partial charge in [0, 0.05) is 6.07 Å². The molecule has 0 fully saturated rings. The topological polar surface area (TPSA) is 80.6 Å². The summed E-state index contributed by atoms with van der Waals surface area (Å²) < 4.78 is 15.5. The second kappa shape index (κ2) is 5.07. The van der Waals surface area contributed by atoms with Crippen molar-refractivity contribution < 1.29 is 19.0 Å². The van der Waals surface area contributed by atoms with Crippen molar-refractivity contribution in [2.45, 2.75) is 0 Å². The number of rotatable bonds is 4. The van der Waals surface area contributed by atoms with Gasteiger partial charge < -0.3 is 19.5 Å². The summed E-state index contributed by atoms with van der Waals surface area (Å²) >= 11 is 0. The molecule has 0 aliphatic carbocycles. The molecule has 0 saturated carbocycles. The molecule has 0 spiro atoms. The van der Waals surface area contributed by atoms with Gasteiger partial charge in [-0.1, -0.05) is 0 Å². The molecule has 1 heterocycles. The quantitative estimate of drug-likeness (QED) is 0.764. The molecule has 88 valence electrons. The Labute approximate surface area is 97.7 Å². The fraction of sp³-hybridized carbons (Fsp3) is 0.273. The van der Waals surface area contributed by atoms with E-state index in [2.05, 4.69) is 5.32 Å². The van der Waals surface area contributed by atoms with E-state index in [0.717, 1.165) is 0 Å². The van der Waals surface area contributed by atoms with E-state index in [1.165, 1.54) is 0 Å². The predicted molar refractivity (Wildman–Crippen MR) is 56.7 cm³/mol.